The summed E-state index contributed by atoms with van der Waals surface area (Å²) in [6.45, 7) is 0. The average Bonchev–Trinajstić information content (AvgIpc) is 1.00. The topological polar surface area (TPSA) is 40.5 Å². The molecule has 0 heterocycles. The van der Waals surface area contributed by atoms with Gasteiger partial charge in [0.2, 0.25) is 0 Å². The zero-order chi connectivity index (χ0) is 2.00. The number of hydrogen-bond donors (Lipinski definition) is 2. The molecule has 0 spiro atoms. The minimum Gasteiger partial charge on any atom is -0.255 e. The lowest BCUT2D eigenvalue weighted by atomic mass is 12.0. The molecule has 0 aromatic carbocycles. The van der Waals surface area contributed by atoms with Crippen LogP contribution in [0.3, 0.4) is 0 Å². The van der Waals surface area contributed by atoms with Crippen LogP contribution in [0.4, 0.5) is 0 Å². The summed E-state index contributed by atoms with van der Waals surface area (Å²) in [5.41, 5.74) is 0. The van der Waals surface area contributed by atoms with Gasteiger partial charge in [-0.2, -0.15) is 0 Å². The summed E-state index contributed by atoms with van der Waals surface area (Å²) < 4.78 is 0. The van der Waals surface area contributed by atoms with Crippen molar-refractivity contribution >= 4 is 0 Å². The fourth-order valence-corrected chi connectivity index (χ4v) is 0. The van der Waals surface area contributed by atoms with E-state index in [4.69, 9.17) is 10.5 Å². The second kappa shape index (κ2) is 5220. The summed E-state index contributed by atoms with van der Waals surface area (Å²) >= 11 is 0. The van der Waals surface area contributed by atoms with Crippen LogP contribution in [0.2, 0.25) is 0 Å². The van der Waals surface area contributed by atoms with Gasteiger partial charge in [0.1, 0.15) is 0 Å². The van der Waals surface area contributed by atoms with E-state index >= 15 is 0 Å². The zero-order valence-electron chi connectivity index (χ0n) is 0.894. The van der Waals surface area contributed by atoms with E-state index in [1.807, 2.05) is 0 Å². The summed E-state index contributed by atoms with van der Waals surface area (Å²) in [5.74, 6) is 0. The first-order valence-electron chi connectivity index (χ1n) is 0.200. The molecule has 0 saturated carbocycles. The third-order valence-electron chi connectivity index (χ3n) is 0. The van der Waals surface area contributed by atoms with Gasteiger partial charge < -0.3 is 0 Å². The Hall–Kier alpha value is -0.0800. The zero-order valence-corrected chi connectivity index (χ0v) is 0.894. The van der Waals surface area contributed by atoms with E-state index in [9.17, 15) is 0 Å². The van der Waals surface area contributed by atoms with Gasteiger partial charge in [0, 0.05) is 0 Å². The first-order chi connectivity index (χ1) is 1.00. The maximum atomic E-state index is 6.00. The quantitative estimate of drug-likeness (QED) is 0.346. The molecule has 0 saturated heterocycles. The minimum atomic E-state index is 0. The SMILES string of the molecule is C.C.C.OO. The van der Waals surface area contributed by atoms with Gasteiger partial charge in [-0.15, -0.1) is 0 Å². The molecule has 0 aromatic heterocycles. The standard InChI is InChI=1S/3CH4.H2O2/c;;;1-2/h3*1H4;1-2H. The van der Waals surface area contributed by atoms with E-state index in [1.165, 1.54) is 0 Å². The van der Waals surface area contributed by atoms with Crippen LogP contribution in [0.5, 0.6) is 0 Å². The fraction of sp³-hybridized carbons (Fsp3) is 1.00. The highest BCUT2D eigenvalue weighted by Crippen LogP contribution is 0.711. The highest BCUT2D eigenvalue weighted by molar-refractivity contribution is 2.51. The lowest BCUT2D eigenvalue weighted by molar-refractivity contribution is -0.176. The van der Waals surface area contributed by atoms with E-state index in [-0.39, 0.29) is 22.3 Å². The van der Waals surface area contributed by atoms with Gasteiger partial charge in [0.25, 0.3) is 0 Å². The van der Waals surface area contributed by atoms with Crippen molar-refractivity contribution in [3.05, 3.63) is 0 Å². The largest absolute Gasteiger partial charge is 0.255 e. The highest BCUT2D eigenvalue weighted by atomic mass is 17.0. The van der Waals surface area contributed by atoms with Crippen LogP contribution in [0.15, 0.2) is 0 Å². The van der Waals surface area contributed by atoms with Crippen molar-refractivity contribution < 1.29 is 10.5 Å². The Labute approximate surface area is 34.0 Å². The maximum Gasteiger partial charge on any atom is -0.0776 e. The van der Waals surface area contributed by atoms with Crippen molar-refractivity contribution in [2.24, 2.45) is 0 Å². The Morgan fingerprint density at radius 3 is 0.600 bits per heavy atom. The molecule has 2 N–H and O–H groups in total. The first-order valence-corrected chi connectivity index (χ1v) is 0.200. The predicted octanol–water partition coefficient (Wildman–Crippen LogP) is 1.93. The molecule has 5 heavy (non-hydrogen) atoms. The molecule has 0 aliphatic rings. The molecule has 2 heteroatoms. The van der Waals surface area contributed by atoms with E-state index in [0.29, 0.717) is 0 Å². The molecule has 2 nitrogen and oxygen atoms in total. The number of hydrogen-bond acceptors (Lipinski definition) is 2. The molecule has 0 rings (SSSR count). The molecule has 0 bridgehead atoms. The molecule has 0 radical (unpaired) electrons. The molecule has 0 fully saturated rings. The molecular weight excluding hydrogens is 68.0 g/mol. The van der Waals surface area contributed by atoms with Gasteiger partial charge in [-0.1, -0.05) is 22.3 Å². The summed E-state index contributed by atoms with van der Waals surface area (Å²) in [4.78, 5) is 0. The van der Waals surface area contributed by atoms with Gasteiger partial charge in [-0.25, -0.2) is 0 Å². The second-order valence-corrected chi connectivity index (χ2v) is 0. The van der Waals surface area contributed by atoms with Crippen LogP contribution >= 0.6 is 0 Å². The van der Waals surface area contributed by atoms with Crippen molar-refractivity contribution in [3.63, 3.8) is 0 Å². The Morgan fingerprint density at radius 1 is 0.600 bits per heavy atom. The second-order valence-electron chi connectivity index (χ2n) is 0. The summed E-state index contributed by atoms with van der Waals surface area (Å²) in [7, 11) is 0. The Kier molecular flexibility index (Phi) is 93300. The van der Waals surface area contributed by atoms with Crippen molar-refractivity contribution in [2.75, 3.05) is 0 Å². The molecule has 38 valence electrons. The van der Waals surface area contributed by atoms with E-state index in [2.05, 4.69) is 0 Å². The predicted molar refractivity (Wildman–Crippen MR) is 25.5 cm³/mol. The molecule has 0 aliphatic carbocycles. The van der Waals surface area contributed by atoms with E-state index in [0.717, 1.165) is 0 Å². The molecule has 0 amide bonds. The van der Waals surface area contributed by atoms with Crippen molar-refractivity contribution in [1.29, 1.82) is 0 Å². The normalized spacial score (nSPS) is 1.20. The Morgan fingerprint density at radius 2 is 0.600 bits per heavy atom. The van der Waals surface area contributed by atoms with Gasteiger partial charge in [0.05, 0.1) is 0 Å². The van der Waals surface area contributed by atoms with E-state index in [1.54, 1.807) is 0 Å². The van der Waals surface area contributed by atoms with Crippen LogP contribution in [0, 0.1) is 0 Å². The third kappa shape index (κ3) is 2260. The van der Waals surface area contributed by atoms with Crippen molar-refractivity contribution in [1.82, 2.24) is 0 Å². The fourth-order valence-electron chi connectivity index (χ4n) is 0. The molecule has 0 atom stereocenters. The van der Waals surface area contributed by atoms with Gasteiger partial charge in [-0.3, -0.25) is 10.5 Å². The van der Waals surface area contributed by atoms with Crippen LogP contribution in [-0.2, 0) is 0 Å². The lowest BCUT2D eigenvalue weighted by Crippen LogP contribution is -1.29. The maximum absolute atomic E-state index is 6.00. The smallest absolute Gasteiger partial charge is 0.0776 e. The average molecular weight is 82.1 g/mol. The number of rotatable bonds is 0. The Balaban J connectivity index is -0.00000000167. The van der Waals surface area contributed by atoms with Gasteiger partial charge >= 0.3 is 0 Å². The summed E-state index contributed by atoms with van der Waals surface area (Å²) in [6, 6.07) is 0. The Bertz CT molecular complexity index is 4.85. The van der Waals surface area contributed by atoms with Crippen LogP contribution in [0.25, 0.3) is 0 Å². The van der Waals surface area contributed by atoms with Crippen molar-refractivity contribution in [3.8, 4) is 0 Å². The van der Waals surface area contributed by atoms with E-state index < -0.39 is 0 Å². The van der Waals surface area contributed by atoms with Crippen LogP contribution in [-0.4, -0.2) is 10.5 Å². The van der Waals surface area contributed by atoms with Crippen molar-refractivity contribution in [2.45, 2.75) is 22.3 Å². The highest BCUT2D eigenvalue weighted by Gasteiger charge is 0.745. The third-order valence-corrected chi connectivity index (χ3v) is 0. The van der Waals surface area contributed by atoms with Crippen LogP contribution < -0.4 is 0 Å². The van der Waals surface area contributed by atoms with Crippen LogP contribution in [0.1, 0.15) is 22.3 Å². The summed E-state index contributed by atoms with van der Waals surface area (Å²) in [6.07, 6.45) is 0. The van der Waals surface area contributed by atoms with Gasteiger partial charge in [0.15, 0.2) is 0 Å². The monoisotopic (exact) mass is 82.1 g/mol. The first kappa shape index (κ1) is 89.3. The molecule has 0 aromatic rings. The molecular formula is C3H14O2. The summed E-state index contributed by atoms with van der Waals surface area (Å²) in [5, 5.41) is 12.0. The minimum absolute atomic E-state index is 0. The van der Waals surface area contributed by atoms with Gasteiger partial charge in [-0.05, 0) is 0 Å². The molecule has 0 aliphatic heterocycles. The lowest BCUT2D eigenvalue weighted by Gasteiger charge is -1.25. The molecule has 0 unspecified atom stereocenters.